The summed E-state index contributed by atoms with van der Waals surface area (Å²) in [6, 6.07) is 4.49. The molecule has 0 aromatic carbocycles. The second kappa shape index (κ2) is 6.26. The van der Waals surface area contributed by atoms with Gasteiger partial charge in [0.25, 0.3) is 0 Å². The minimum Gasteiger partial charge on any atom is -0.395 e. The molecule has 0 aliphatic heterocycles. The molecule has 1 N–H and O–H groups in total. The average molecular weight is 267 g/mol. The fraction of sp³-hybridized carbons (Fsp3) is 0.273. The lowest BCUT2D eigenvalue weighted by Gasteiger charge is -2.19. The molecule has 0 unspecified atom stereocenters. The van der Waals surface area contributed by atoms with Crippen LogP contribution < -0.4 is 0 Å². The lowest BCUT2D eigenvalue weighted by molar-refractivity contribution is 0.260. The molecule has 0 bridgehead atoms. The summed E-state index contributed by atoms with van der Waals surface area (Å²) < 4.78 is 25.6. The molecule has 1 heterocycles. The first kappa shape index (κ1) is 14.3. The summed E-state index contributed by atoms with van der Waals surface area (Å²) in [6.45, 7) is 3.15. The molecule has 7 heteroatoms. The van der Waals surface area contributed by atoms with Crippen LogP contribution in [-0.4, -0.2) is 42.5 Å². The van der Waals surface area contributed by atoms with E-state index in [4.69, 9.17) is 10.4 Å². The van der Waals surface area contributed by atoms with E-state index in [0.29, 0.717) is 0 Å². The van der Waals surface area contributed by atoms with Gasteiger partial charge in [-0.1, -0.05) is 6.08 Å². The molecule has 0 radical (unpaired) electrons. The number of hydrogen-bond donors (Lipinski definition) is 1. The number of nitrogens with zero attached hydrogens (tertiary/aromatic N) is 3. The molecule has 6 nitrogen and oxygen atoms in total. The van der Waals surface area contributed by atoms with E-state index in [9.17, 15) is 8.42 Å². The molecule has 0 spiro atoms. The summed E-state index contributed by atoms with van der Waals surface area (Å²) in [4.78, 5) is 3.55. The Bertz CT molecular complexity index is 563. The summed E-state index contributed by atoms with van der Waals surface area (Å²) in [6.07, 6.45) is 2.76. The molecule has 0 saturated heterocycles. The van der Waals surface area contributed by atoms with Gasteiger partial charge in [0.2, 0.25) is 10.0 Å². The molecule has 96 valence electrons. The number of pyridine rings is 1. The third-order valence-electron chi connectivity index (χ3n) is 2.18. The van der Waals surface area contributed by atoms with E-state index in [1.54, 1.807) is 6.07 Å². The highest BCUT2D eigenvalue weighted by Gasteiger charge is 2.26. The average Bonchev–Trinajstić information content (AvgIpc) is 2.38. The van der Waals surface area contributed by atoms with E-state index in [1.807, 2.05) is 0 Å². The Morgan fingerprint density at radius 1 is 1.61 bits per heavy atom. The van der Waals surface area contributed by atoms with Crippen LogP contribution in [0, 0.1) is 11.3 Å². The number of nitriles is 1. The van der Waals surface area contributed by atoms with Crippen molar-refractivity contribution in [2.24, 2.45) is 0 Å². The van der Waals surface area contributed by atoms with Gasteiger partial charge in [0.15, 0.2) is 5.69 Å². The minimum atomic E-state index is -3.85. The molecule has 0 atom stereocenters. The quantitative estimate of drug-likeness (QED) is 0.739. The Labute approximate surface area is 106 Å². The Balaban J connectivity index is 3.27. The Morgan fingerprint density at radius 3 is 2.89 bits per heavy atom. The molecule has 1 rings (SSSR count). The third-order valence-corrected chi connectivity index (χ3v) is 4.07. The number of sulfonamides is 1. The summed E-state index contributed by atoms with van der Waals surface area (Å²) in [5.74, 6) is 0. The lowest BCUT2D eigenvalue weighted by atomic mass is 10.4. The summed E-state index contributed by atoms with van der Waals surface area (Å²) in [7, 11) is -3.85. The number of aromatic nitrogens is 1. The first-order valence-electron chi connectivity index (χ1n) is 5.15. The van der Waals surface area contributed by atoms with Crippen LogP contribution >= 0.6 is 0 Å². The second-order valence-corrected chi connectivity index (χ2v) is 5.24. The van der Waals surface area contributed by atoms with Gasteiger partial charge in [-0.15, -0.1) is 6.58 Å². The first-order chi connectivity index (χ1) is 8.57. The van der Waals surface area contributed by atoms with Gasteiger partial charge < -0.3 is 5.11 Å². The molecule has 0 aliphatic rings. The summed E-state index contributed by atoms with van der Waals surface area (Å²) >= 11 is 0. The Kier molecular flexibility index (Phi) is 4.97. The van der Waals surface area contributed by atoms with Gasteiger partial charge in [-0.3, -0.25) is 0 Å². The standard InChI is InChI=1S/C11H13N3O3S/c1-2-6-14(7-8-15)18(16,17)11-4-3-5-13-10(11)9-12/h2-5,15H,1,6-8H2. The van der Waals surface area contributed by atoms with Gasteiger partial charge in [0.05, 0.1) is 6.61 Å². The van der Waals surface area contributed by atoms with Crippen LogP contribution in [0.15, 0.2) is 35.9 Å². The van der Waals surface area contributed by atoms with E-state index in [2.05, 4.69) is 11.6 Å². The Hall–Kier alpha value is -1.75. The van der Waals surface area contributed by atoms with Crippen molar-refractivity contribution in [3.05, 3.63) is 36.7 Å². The van der Waals surface area contributed by atoms with Crippen molar-refractivity contribution in [2.75, 3.05) is 19.7 Å². The number of aliphatic hydroxyl groups is 1. The van der Waals surface area contributed by atoms with Crippen LogP contribution in [0.3, 0.4) is 0 Å². The predicted octanol–water partition coefficient (Wildman–Crippen LogP) is 0.122. The van der Waals surface area contributed by atoms with Gasteiger partial charge in [0.1, 0.15) is 11.0 Å². The van der Waals surface area contributed by atoms with Gasteiger partial charge in [-0.2, -0.15) is 9.57 Å². The van der Waals surface area contributed by atoms with Crippen LogP contribution in [0.1, 0.15) is 5.69 Å². The summed E-state index contributed by atoms with van der Waals surface area (Å²) in [5, 5.41) is 17.7. The van der Waals surface area contributed by atoms with Crippen molar-refractivity contribution < 1.29 is 13.5 Å². The van der Waals surface area contributed by atoms with Crippen LogP contribution in [0.25, 0.3) is 0 Å². The van der Waals surface area contributed by atoms with Crippen molar-refractivity contribution in [3.63, 3.8) is 0 Å². The number of aliphatic hydroxyl groups excluding tert-OH is 1. The van der Waals surface area contributed by atoms with Crippen molar-refractivity contribution in [1.82, 2.24) is 9.29 Å². The highest BCUT2D eigenvalue weighted by molar-refractivity contribution is 7.89. The maximum Gasteiger partial charge on any atom is 0.246 e. The topological polar surface area (TPSA) is 94.3 Å². The predicted molar refractivity (Wildman–Crippen MR) is 65.0 cm³/mol. The SMILES string of the molecule is C=CCN(CCO)S(=O)(=O)c1cccnc1C#N. The maximum atomic E-state index is 12.3. The molecule has 1 aromatic heterocycles. The fourth-order valence-corrected chi connectivity index (χ4v) is 2.88. The van der Waals surface area contributed by atoms with Crippen LogP contribution in [0.4, 0.5) is 0 Å². The molecular formula is C11H13N3O3S. The van der Waals surface area contributed by atoms with Crippen molar-refractivity contribution in [1.29, 1.82) is 5.26 Å². The van der Waals surface area contributed by atoms with Gasteiger partial charge in [0, 0.05) is 19.3 Å². The summed E-state index contributed by atoms with van der Waals surface area (Å²) in [5.41, 5.74) is -0.162. The van der Waals surface area contributed by atoms with Gasteiger partial charge in [-0.05, 0) is 12.1 Å². The van der Waals surface area contributed by atoms with Gasteiger partial charge in [-0.25, -0.2) is 13.4 Å². The minimum absolute atomic E-state index is 0.0582. The molecule has 0 fully saturated rings. The van der Waals surface area contributed by atoms with Gasteiger partial charge >= 0.3 is 0 Å². The van der Waals surface area contributed by atoms with E-state index in [0.717, 1.165) is 4.31 Å². The maximum absolute atomic E-state index is 12.3. The van der Waals surface area contributed by atoms with Crippen molar-refractivity contribution in [2.45, 2.75) is 4.90 Å². The second-order valence-electron chi connectivity index (χ2n) is 3.34. The zero-order valence-corrected chi connectivity index (χ0v) is 10.5. The van der Waals surface area contributed by atoms with E-state index < -0.39 is 10.0 Å². The van der Waals surface area contributed by atoms with E-state index >= 15 is 0 Å². The monoisotopic (exact) mass is 267 g/mol. The van der Waals surface area contributed by atoms with Crippen LogP contribution in [0.2, 0.25) is 0 Å². The smallest absolute Gasteiger partial charge is 0.246 e. The van der Waals surface area contributed by atoms with E-state index in [1.165, 1.54) is 24.4 Å². The highest BCUT2D eigenvalue weighted by Crippen LogP contribution is 2.17. The zero-order valence-electron chi connectivity index (χ0n) is 9.65. The van der Waals surface area contributed by atoms with E-state index in [-0.39, 0.29) is 30.3 Å². The molecule has 0 amide bonds. The Morgan fingerprint density at radius 2 is 2.33 bits per heavy atom. The lowest BCUT2D eigenvalue weighted by Crippen LogP contribution is -2.34. The molecule has 0 aliphatic carbocycles. The van der Waals surface area contributed by atoms with Crippen molar-refractivity contribution in [3.8, 4) is 6.07 Å². The first-order valence-corrected chi connectivity index (χ1v) is 6.59. The third kappa shape index (κ3) is 2.92. The van der Waals surface area contributed by atoms with Crippen molar-refractivity contribution >= 4 is 10.0 Å². The van der Waals surface area contributed by atoms with Crippen LogP contribution in [0.5, 0.6) is 0 Å². The zero-order chi connectivity index (χ0) is 13.6. The normalized spacial score (nSPS) is 11.2. The molecule has 18 heavy (non-hydrogen) atoms. The highest BCUT2D eigenvalue weighted by atomic mass is 32.2. The van der Waals surface area contributed by atoms with Crippen LogP contribution in [-0.2, 0) is 10.0 Å². The molecule has 1 aromatic rings. The molecular weight excluding hydrogens is 254 g/mol. The number of hydrogen-bond acceptors (Lipinski definition) is 5. The number of rotatable bonds is 6. The fourth-order valence-electron chi connectivity index (χ4n) is 1.39. The molecule has 0 saturated carbocycles. The largest absolute Gasteiger partial charge is 0.395 e.